The van der Waals surface area contributed by atoms with Crippen LogP contribution in [0.4, 0.5) is 0 Å². The molecule has 27 heavy (non-hydrogen) atoms. The van der Waals surface area contributed by atoms with E-state index in [0.29, 0.717) is 6.54 Å². The predicted molar refractivity (Wildman–Crippen MR) is 109 cm³/mol. The van der Waals surface area contributed by atoms with Gasteiger partial charge >= 0.3 is 0 Å². The summed E-state index contributed by atoms with van der Waals surface area (Å²) in [6, 6.07) is 10.0. The number of carbonyl (C=O) groups excluding carboxylic acids is 1. The number of hydrogen-bond acceptors (Lipinski definition) is 3. The summed E-state index contributed by atoms with van der Waals surface area (Å²) in [6.07, 6.45) is -0.541. The van der Waals surface area contributed by atoms with Crippen LogP contribution in [-0.4, -0.2) is 28.3 Å². The maximum Gasteiger partial charge on any atom is 0.260 e. The number of aromatic nitrogens is 2. The van der Waals surface area contributed by atoms with Crippen LogP contribution in [0.3, 0.4) is 0 Å². The Morgan fingerprint density at radius 2 is 1.93 bits per heavy atom. The van der Waals surface area contributed by atoms with Crippen molar-refractivity contribution in [1.29, 1.82) is 0 Å². The summed E-state index contributed by atoms with van der Waals surface area (Å²) in [4.78, 5) is 12.4. The largest absolute Gasteiger partial charge is 0.481 e. The molecule has 1 amide bonds. The third-order valence-electron chi connectivity index (χ3n) is 4.59. The van der Waals surface area contributed by atoms with Crippen molar-refractivity contribution in [2.45, 2.75) is 66.5 Å². The fourth-order valence-corrected chi connectivity index (χ4v) is 2.93. The molecular weight excluding hydrogens is 338 g/mol. The molecule has 5 heteroatoms. The van der Waals surface area contributed by atoms with Crippen molar-refractivity contribution < 1.29 is 9.53 Å². The monoisotopic (exact) mass is 371 g/mol. The number of benzene rings is 1. The van der Waals surface area contributed by atoms with Crippen molar-refractivity contribution in [3.8, 4) is 5.75 Å². The second kappa shape index (κ2) is 8.59. The molecule has 1 aromatic heterocycles. The van der Waals surface area contributed by atoms with Crippen LogP contribution in [0.15, 0.2) is 30.3 Å². The van der Waals surface area contributed by atoms with Crippen molar-refractivity contribution in [2.75, 3.05) is 6.54 Å². The summed E-state index contributed by atoms with van der Waals surface area (Å²) in [5.41, 5.74) is 3.39. The molecule has 0 aliphatic carbocycles. The lowest BCUT2D eigenvalue weighted by Gasteiger charge is -2.21. The highest BCUT2D eigenvalue weighted by atomic mass is 16.5. The molecule has 2 atom stereocenters. The number of carbonyl (C=O) groups is 1. The highest BCUT2D eigenvalue weighted by Gasteiger charge is 2.18. The third-order valence-corrected chi connectivity index (χ3v) is 4.59. The molecule has 0 fully saturated rings. The van der Waals surface area contributed by atoms with Crippen LogP contribution >= 0.6 is 0 Å². The van der Waals surface area contributed by atoms with Crippen molar-refractivity contribution in [3.05, 3.63) is 47.3 Å². The molecule has 2 unspecified atom stereocenters. The van der Waals surface area contributed by atoms with Crippen LogP contribution in [0, 0.1) is 19.8 Å². The van der Waals surface area contributed by atoms with E-state index < -0.39 is 6.10 Å². The molecule has 1 aromatic carbocycles. The Labute approximate surface area is 163 Å². The third kappa shape index (κ3) is 6.12. The van der Waals surface area contributed by atoms with E-state index in [1.165, 1.54) is 5.56 Å². The van der Waals surface area contributed by atoms with Gasteiger partial charge in [0, 0.05) is 18.8 Å². The Morgan fingerprint density at radius 1 is 1.22 bits per heavy atom. The van der Waals surface area contributed by atoms with Gasteiger partial charge in [0.05, 0.1) is 5.69 Å². The van der Waals surface area contributed by atoms with E-state index in [1.54, 1.807) is 6.92 Å². The molecule has 0 aliphatic rings. The van der Waals surface area contributed by atoms with Crippen LogP contribution in [0.1, 0.15) is 51.6 Å². The van der Waals surface area contributed by atoms with Crippen molar-refractivity contribution in [3.63, 3.8) is 0 Å². The number of amides is 1. The number of rotatable bonds is 7. The summed E-state index contributed by atoms with van der Waals surface area (Å²) in [7, 11) is 0. The number of aryl methyl sites for hydroxylation is 2. The van der Waals surface area contributed by atoms with Crippen molar-refractivity contribution in [1.82, 2.24) is 15.1 Å². The Morgan fingerprint density at radius 3 is 2.52 bits per heavy atom. The van der Waals surface area contributed by atoms with Gasteiger partial charge in [-0.25, -0.2) is 0 Å². The average Bonchev–Trinajstić information content (AvgIpc) is 2.89. The van der Waals surface area contributed by atoms with Crippen molar-refractivity contribution in [2.24, 2.45) is 5.92 Å². The standard InChI is InChI=1S/C22H33N3O2/c1-15(14-25-17(3)11-16(2)24-25)13-23-21(26)18(4)27-20-10-8-9-19(12-20)22(5,6)7/h8-12,15,18H,13-14H2,1-7H3,(H,23,26). The Kier molecular flexibility index (Phi) is 6.68. The Bertz CT molecular complexity index is 774. The normalized spacial score (nSPS) is 13.9. The first-order chi connectivity index (χ1) is 12.6. The van der Waals surface area contributed by atoms with Crippen molar-refractivity contribution >= 4 is 5.91 Å². The minimum Gasteiger partial charge on any atom is -0.481 e. The first-order valence-corrected chi connectivity index (χ1v) is 9.62. The zero-order valence-electron chi connectivity index (χ0n) is 17.7. The zero-order valence-corrected chi connectivity index (χ0v) is 17.7. The fraction of sp³-hybridized carbons (Fsp3) is 0.545. The minimum absolute atomic E-state index is 0.0449. The van der Waals surface area contributed by atoms with Gasteiger partial charge < -0.3 is 10.1 Å². The molecule has 0 bridgehead atoms. The fourth-order valence-electron chi connectivity index (χ4n) is 2.93. The number of nitrogens with one attached hydrogen (secondary N) is 1. The van der Waals surface area contributed by atoms with Crippen LogP contribution in [0.5, 0.6) is 5.75 Å². The van der Waals surface area contributed by atoms with Gasteiger partial charge in [0.1, 0.15) is 5.75 Å². The smallest absolute Gasteiger partial charge is 0.260 e. The van der Waals surface area contributed by atoms with E-state index in [1.807, 2.05) is 36.7 Å². The number of hydrogen-bond donors (Lipinski definition) is 1. The molecule has 1 heterocycles. The van der Waals surface area contributed by atoms with Crippen LogP contribution in [0.25, 0.3) is 0 Å². The summed E-state index contributed by atoms with van der Waals surface area (Å²) >= 11 is 0. The molecule has 0 aliphatic heterocycles. The summed E-state index contributed by atoms with van der Waals surface area (Å²) in [5, 5.41) is 7.46. The average molecular weight is 372 g/mol. The minimum atomic E-state index is -0.541. The molecule has 0 spiro atoms. The quantitative estimate of drug-likeness (QED) is 0.800. The molecule has 148 valence electrons. The highest BCUT2D eigenvalue weighted by molar-refractivity contribution is 5.80. The topological polar surface area (TPSA) is 56.2 Å². The molecule has 2 aromatic rings. The van der Waals surface area contributed by atoms with Crippen LogP contribution < -0.4 is 10.1 Å². The van der Waals surface area contributed by atoms with E-state index in [4.69, 9.17) is 4.74 Å². The van der Waals surface area contributed by atoms with Gasteiger partial charge in [-0.05, 0) is 55.9 Å². The van der Waals surface area contributed by atoms with Gasteiger partial charge in [0.2, 0.25) is 0 Å². The maximum atomic E-state index is 12.4. The Balaban J connectivity index is 1.86. The molecule has 2 rings (SSSR count). The highest BCUT2D eigenvalue weighted by Crippen LogP contribution is 2.26. The van der Waals surface area contributed by atoms with E-state index in [-0.39, 0.29) is 17.2 Å². The van der Waals surface area contributed by atoms with Gasteiger partial charge in [-0.15, -0.1) is 0 Å². The molecule has 0 saturated heterocycles. The summed E-state index contributed by atoms with van der Waals surface area (Å²) < 4.78 is 7.85. The van der Waals surface area contributed by atoms with E-state index in [2.05, 4.69) is 50.2 Å². The first-order valence-electron chi connectivity index (χ1n) is 9.62. The van der Waals surface area contributed by atoms with E-state index in [9.17, 15) is 4.79 Å². The Hall–Kier alpha value is -2.30. The maximum absolute atomic E-state index is 12.4. The summed E-state index contributed by atoms with van der Waals surface area (Å²) in [5.74, 6) is 0.903. The lowest BCUT2D eigenvalue weighted by molar-refractivity contribution is -0.127. The lowest BCUT2D eigenvalue weighted by atomic mass is 9.87. The SMILES string of the molecule is Cc1cc(C)n(CC(C)CNC(=O)C(C)Oc2cccc(C(C)(C)C)c2)n1. The first kappa shape index (κ1) is 21.0. The van der Waals surface area contributed by atoms with Gasteiger partial charge in [0.25, 0.3) is 5.91 Å². The molecule has 0 saturated carbocycles. The van der Waals surface area contributed by atoms with Gasteiger partial charge in [-0.1, -0.05) is 39.8 Å². The second-order valence-electron chi connectivity index (χ2n) is 8.50. The van der Waals surface area contributed by atoms with Crippen LogP contribution in [0.2, 0.25) is 0 Å². The lowest BCUT2D eigenvalue weighted by Crippen LogP contribution is -2.39. The number of nitrogens with zero attached hydrogens (tertiary/aromatic N) is 2. The molecule has 1 N–H and O–H groups in total. The van der Waals surface area contributed by atoms with E-state index in [0.717, 1.165) is 23.7 Å². The molecule has 5 nitrogen and oxygen atoms in total. The van der Waals surface area contributed by atoms with Crippen LogP contribution in [-0.2, 0) is 16.8 Å². The van der Waals surface area contributed by atoms with Gasteiger partial charge in [0.15, 0.2) is 6.10 Å². The van der Waals surface area contributed by atoms with E-state index >= 15 is 0 Å². The molecule has 0 radical (unpaired) electrons. The summed E-state index contributed by atoms with van der Waals surface area (Å²) in [6.45, 7) is 15.8. The van der Waals surface area contributed by atoms with Gasteiger partial charge in [-0.3, -0.25) is 9.48 Å². The van der Waals surface area contributed by atoms with Gasteiger partial charge in [-0.2, -0.15) is 5.10 Å². The predicted octanol–water partition coefficient (Wildman–Crippen LogP) is 4.02. The zero-order chi connectivity index (χ0) is 20.2. The second-order valence-corrected chi connectivity index (χ2v) is 8.50. The molecular formula is C22H33N3O2. The number of ether oxygens (including phenoxy) is 1.